The standard InChI is InChI=1S/C31H31N/c1-21-17-24(4)31(25(5)18-21)32-29-15-12-26(13-16-29)20-30(27-9-7-6-8-10-27)28-14-11-22(2)23(3)19-28/h6-20,32H,1-5H3/b30-20+. The van der Waals surface area contributed by atoms with Gasteiger partial charge in [-0.25, -0.2) is 0 Å². The van der Waals surface area contributed by atoms with Crippen molar-refractivity contribution >= 4 is 23.0 Å². The molecule has 0 bridgehead atoms. The number of hydrogen-bond acceptors (Lipinski definition) is 1. The first-order valence-corrected chi connectivity index (χ1v) is 11.2. The summed E-state index contributed by atoms with van der Waals surface area (Å²) in [6.07, 6.45) is 2.28. The second kappa shape index (κ2) is 9.28. The highest BCUT2D eigenvalue weighted by molar-refractivity contribution is 5.91. The van der Waals surface area contributed by atoms with Crippen molar-refractivity contribution in [1.29, 1.82) is 0 Å². The fourth-order valence-corrected chi connectivity index (χ4v) is 4.21. The maximum atomic E-state index is 3.60. The lowest BCUT2D eigenvalue weighted by Gasteiger charge is -2.14. The highest BCUT2D eigenvalue weighted by Crippen LogP contribution is 2.29. The zero-order valence-corrected chi connectivity index (χ0v) is 19.7. The zero-order chi connectivity index (χ0) is 22.7. The van der Waals surface area contributed by atoms with Crippen LogP contribution in [0.25, 0.3) is 11.6 Å². The monoisotopic (exact) mass is 417 g/mol. The fraction of sp³-hybridized carbons (Fsp3) is 0.161. The third-order valence-corrected chi connectivity index (χ3v) is 6.07. The number of benzene rings is 4. The van der Waals surface area contributed by atoms with Crippen molar-refractivity contribution in [2.45, 2.75) is 34.6 Å². The summed E-state index contributed by atoms with van der Waals surface area (Å²) in [6, 6.07) is 30.5. The first-order valence-electron chi connectivity index (χ1n) is 11.2. The normalized spacial score (nSPS) is 11.5. The molecule has 0 spiro atoms. The van der Waals surface area contributed by atoms with E-state index in [-0.39, 0.29) is 0 Å². The third kappa shape index (κ3) is 4.84. The van der Waals surface area contributed by atoms with Crippen LogP contribution in [0.1, 0.15) is 44.5 Å². The van der Waals surface area contributed by atoms with Gasteiger partial charge in [-0.1, -0.05) is 78.4 Å². The van der Waals surface area contributed by atoms with E-state index >= 15 is 0 Å². The summed E-state index contributed by atoms with van der Waals surface area (Å²) in [5, 5.41) is 3.60. The molecule has 0 aliphatic rings. The predicted molar refractivity (Wildman–Crippen MR) is 140 cm³/mol. The van der Waals surface area contributed by atoms with Crippen LogP contribution in [0.5, 0.6) is 0 Å². The first kappa shape index (κ1) is 21.6. The Labute approximate surface area is 192 Å². The van der Waals surface area contributed by atoms with Gasteiger partial charge in [0, 0.05) is 11.4 Å². The zero-order valence-electron chi connectivity index (χ0n) is 19.7. The van der Waals surface area contributed by atoms with Crippen LogP contribution < -0.4 is 5.32 Å². The summed E-state index contributed by atoms with van der Waals surface area (Å²) < 4.78 is 0. The molecule has 4 aromatic rings. The SMILES string of the molecule is Cc1cc(C)c(Nc2ccc(/C=C(\c3ccccc3)c3ccc(C)c(C)c3)cc2)c(C)c1. The van der Waals surface area contributed by atoms with E-state index < -0.39 is 0 Å². The Morgan fingerprint density at radius 2 is 1.25 bits per heavy atom. The van der Waals surface area contributed by atoms with Gasteiger partial charge >= 0.3 is 0 Å². The summed E-state index contributed by atoms with van der Waals surface area (Å²) in [5.41, 5.74) is 13.7. The number of nitrogens with one attached hydrogen (secondary N) is 1. The molecule has 1 heteroatoms. The van der Waals surface area contributed by atoms with Gasteiger partial charge in [0.05, 0.1) is 0 Å². The van der Waals surface area contributed by atoms with E-state index in [2.05, 4.69) is 131 Å². The molecular weight excluding hydrogens is 386 g/mol. The van der Waals surface area contributed by atoms with Gasteiger partial charge in [-0.3, -0.25) is 0 Å². The summed E-state index contributed by atoms with van der Waals surface area (Å²) in [6.45, 7) is 10.8. The highest BCUT2D eigenvalue weighted by atomic mass is 14.9. The Morgan fingerprint density at radius 1 is 0.594 bits per heavy atom. The molecule has 0 unspecified atom stereocenters. The molecule has 0 atom stereocenters. The maximum absolute atomic E-state index is 3.60. The molecule has 0 heterocycles. The van der Waals surface area contributed by atoms with Crippen LogP contribution in [0.3, 0.4) is 0 Å². The minimum atomic E-state index is 1.10. The van der Waals surface area contributed by atoms with E-state index in [1.54, 1.807) is 0 Å². The molecule has 4 aromatic carbocycles. The fourth-order valence-electron chi connectivity index (χ4n) is 4.21. The third-order valence-electron chi connectivity index (χ3n) is 6.07. The topological polar surface area (TPSA) is 12.0 Å². The molecule has 0 aliphatic heterocycles. The molecule has 1 nitrogen and oxygen atoms in total. The molecule has 0 saturated heterocycles. The second-order valence-electron chi connectivity index (χ2n) is 8.74. The number of anilines is 2. The highest BCUT2D eigenvalue weighted by Gasteiger charge is 2.08. The van der Waals surface area contributed by atoms with Gasteiger partial charge in [0.1, 0.15) is 0 Å². The van der Waals surface area contributed by atoms with E-state index in [0.717, 1.165) is 5.69 Å². The summed E-state index contributed by atoms with van der Waals surface area (Å²) in [4.78, 5) is 0. The number of aryl methyl sites for hydroxylation is 5. The molecule has 0 amide bonds. The van der Waals surface area contributed by atoms with Gasteiger partial charge in [0.25, 0.3) is 0 Å². The van der Waals surface area contributed by atoms with E-state index in [9.17, 15) is 0 Å². The summed E-state index contributed by atoms with van der Waals surface area (Å²) >= 11 is 0. The molecule has 0 radical (unpaired) electrons. The van der Waals surface area contributed by atoms with Crippen LogP contribution in [0.4, 0.5) is 11.4 Å². The Kier molecular flexibility index (Phi) is 6.28. The van der Waals surface area contributed by atoms with Crippen molar-refractivity contribution in [2.24, 2.45) is 0 Å². The molecule has 160 valence electrons. The van der Waals surface area contributed by atoms with E-state index in [1.807, 2.05) is 0 Å². The largest absolute Gasteiger partial charge is 0.355 e. The molecule has 32 heavy (non-hydrogen) atoms. The lowest BCUT2D eigenvalue weighted by molar-refractivity contribution is 1.31. The van der Waals surface area contributed by atoms with Crippen LogP contribution in [0.2, 0.25) is 0 Å². The molecule has 0 saturated carbocycles. The average Bonchev–Trinajstić information content (AvgIpc) is 2.78. The summed E-state index contributed by atoms with van der Waals surface area (Å²) in [5.74, 6) is 0. The maximum Gasteiger partial charge on any atom is 0.0443 e. The van der Waals surface area contributed by atoms with Crippen molar-refractivity contribution in [3.05, 3.63) is 129 Å². The van der Waals surface area contributed by atoms with Crippen LogP contribution in [0.15, 0.2) is 84.9 Å². The van der Waals surface area contributed by atoms with Crippen LogP contribution in [-0.2, 0) is 0 Å². The van der Waals surface area contributed by atoms with Gasteiger partial charge in [-0.15, -0.1) is 0 Å². The van der Waals surface area contributed by atoms with Gasteiger partial charge in [-0.2, -0.15) is 0 Å². The van der Waals surface area contributed by atoms with Crippen molar-refractivity contribution in [3.63, 3.8) is 0 Å². The second-order valence-corrected chi connectivity index (χ2v) is 8.74. The molecule has 1 N–H and O–H groups in total. The van der Waals surface area contributed by atoms with Crippen molar-refractivity contribution in [3.8, 4) is 0 Å². The molecular formula is C31H31N. The van der Waals surface area contributed by atoms with Crippen LogP contribution >= 0.6 is 0 Å². The van der Waals surface area contributed by atoms with Gasteiger partial charge < -0.3 is 5.32 Å². The average molecular weight is 418 g/mol. The van der Waals surface area contributed by atoms with Crippen molar-refractivity contribution in [1.82, 2.24) is 0 Å². The lowest BCUT2D eigenvalue weighted by atomic mass is 9.93. The number of hydrogen-bond donors (Lipinski definition) is 1. The van der Waals surface area contributed by atoms with Crippen molar-refractivity contribution in [2.75, 3.05) is 5.32 Å². The molecule has 4 rings (SSSR count). The van der Waals surface area contributed by atoms with Crippen LogP contribution in [-0.4, -0.2) is 0 Å². The summed E-state index contributed by atoms with van der Waals surface area (Å²) in [7, 11) is 0. The number of rotatable bonds is 5. The molecule has 0 aliphatic carbocycles. The van der Waals surface area contributed by atoms with E-state index in [1.165, 1.54) is 55.8 Å². The van der Waals surface area contributed by atoms with E-state index in [4.69, 9.17) is 0 Å². The quantitative estimate of drug-likeness (QED) is 0.321. The Morgan fingerprint density at radius 3 is 1.88 bits per heavy atom. The predicted octanol–water partition coefficient (Wildman–Crippen LogP) is 8.56. The molecule has 0 aromatic heterocycles. The first-order chi connectivity index (χ1) is 15.4. The Hall–Kier alpha value is -3.58. The van der Waals surface area contributed by atoms with Gasteiger partial charge in [0.2, 0.25) is 0 Å². The van der Waals surface area contributed by atoms with E-state index in [0.29, 0.717) is 0 Å². The lowest BCUT2D eigenvalue weighted by Crippen LogP contribution is -1.97. The minimum absolute atomic E-state index is 1.10. The van der Waals surface area contributed by atoms with Gasteiger partial charge in [0.15, 0.2) is 0 Å². The van der Waals surface area contributed by atoms with Crippen molar-refractivity contribution < 1.29 is 0 Å². The van der Waals surface area contributed by atoms with Gasteiger partial charge in [-0.05, 0) is 97.3 Å². The smallest absolute Gasteiger partial charge is 0.0443 e. The van der Waals surface area contributed by atoms with Crippen LogP contribution in [0, 0.1) is 34.6 Å². The molecule has 0 fully saturated rings. The Balaban J connectivity index is 1.68. The minimum Gasteiger partial charge on any atom is -0.355 e. The Bertz CT molecular complexity index is 1240.